The second kappa shape index (κ2) is 1.53. The van der Waals surface area contributed by atoms with E-state index < -0.39 is 5.41 Å². The van der Waals surface area contributed by atoms with Crippen LogP contribution in [-0.4, -0.2) is 11.8 Å². The van der Waals surface area contributed by atoms with Gasteiger partial charge in [-0.3, -0.25) is 14.9 Å². The zero-order valence-electron chi connectivity index (χ0n) is 6.33. The lowest BCUT2D eigenvalue weighted by Gasteiger charge is -2.06. The number of hydrogen-bond acceptors (Lipinski definition) is 2. The van der Waals surface area contributed by atoms with Crippen LogP contribution in [0.4, 0.5) is 0 Å². The number of carbonyl (C=O) groups excluding carboxylic acids is 2. The smallest absolute Gasteiger partial charge is 0.254 e. The summed E-state index contributed by atoms with van der Waals surface area (Å²) in [4.78, 5) is 22.6. The number of allylic oxidation sites excluding steroid dienone is 3. The van der Waals surface area contributed by atoms with Gasteiger partial charge in [-0.2, -0.15) is 0 Å². The highest BCUT2D eigenvalue weighted by molar-refractivity contribution is 6.19. The van der Waals surface area contributed by atoms with Crippen LogP contribution < -0.4 is 5.32 Å². The zero-order chi connectivity index (χ0) is 8.34. The van der Waals surface area contributed by atoms with Gasteiger partial charge in [0.2, 0.25) is 5.91 Å². The van der Waals surface area contributed by atoms with Crippen molar-refractivity contribution < 1.29 is 9.59 Å². The minimum absolute atomic E-state index is 0.104. The lowest BCUT2D eigenvalue weighted by atomic mass is 9.92. The summed E-state index contributed by atoms with van der Waals surface area (Å²) in [6.07, 6.45) is 6.43. The molecular weight excluding hydrogens is 154 g/mol. The molecule has 3 aliphatic rings. The van der Waals surface area contributed by atoms with Gasteiger partial charge >= 0.3 is 0 Å². The van der Waals surface area contributed by atoms with E-state index in [2.05, 4.69) is 5.32 Å². The number of hydrogen-bond donors (Lipinski definition) is 1. The Morgan fingerprint density at radius 1 is 1.50 bits per heavy atom. The minimum atomic E-state index is -0.439. The maximum absolute atomic E-state index is 11.4. The van der Waals surface area contributed by atoms with Crippen LogP contribution in [-0.2, 0) is 9.59 Å². The summed E-state index contributed by atoms with van der Waals surface area (Å²) in [6, 6.07) is 0. The Hall–Kier alpha value is -1.38. The summed E-state index contributed by atoms with van der Waals surface area (Å²) in [5.74, 6) is -0.0242. The fraction of sp³-hybridized carbons (Fsp3) is 0.333. The summed E-state index contributed by atoms with van der Waals surface area (Å²) in [7, 11) is 0. The van der Waals surface area contributed by atoms with E-state index in [4.69, 9.17) is 0 Å². The number of rotatable bonds is 0. The van der Waals surface area contributed by atoms with Gasteiger partial charge in [0.25, 0.3) is 5.91 Å². The lowest BCUT2D eigenvalue weighted by molar-refractivity contribution is -0.126. The van der Waals surface area contributed by atoms with E-state index >= 15 is 0 Å². The molecule has 2 fully saturated rings. The molecular formula is C9H7NO2. The molecule has 0 aromatic heterocycles. The Labute approximate surface area is 69.1 Å². The van der Waals surface area contributed by atoms with Gasteiger partial charge in [-0.1, -0.05) is 18.2 Å². The number of carbonyl (C=O) groups is 2. The highest BCUT2D eigenvalue weighted by Crippen LogP contribution is 2.62. The Morgan fingerprint density at radius 2 is 2.33 bits per heavy atom. The van der Waals surface area contributed by atoms with Crippen LogP contribution in [0.25, 0.3) is 0 Å². The number of amides is 2. The first-order chi connectivity index (χ1) is 5.75. The molecule has 3 nitrogen and oxygen atoms in total. The molecule has 1 aliphatic heterocycles. The van der Waals surface area contributed by atoms with Gasteiger partial charge in [0, 0.05) is 5.57 Å². The van der Waals surface area contributed by atoms with E-state index in [1.54, 1.807) is 6.08 Å². The first-order valence-corrected chi connectivity index (χ1v) is 4.00. The SMILES string of the molecule is O=C1NC(=O)C23CC2C=CC=C13. The minimum Gasteiger partial charge on any atom is -0.292 e. The van der Waals surface area contributed by atoms with Crippen molar-refractivity contribution in [3.05, 3.63) is 23.8 Å². The van der Waals surface area contributed by atoms with Crippen molar-refractivity contribution in [2.24, 2.45) is 11.3 Å². The Balaban J connectivity index is 2.22. The Morgan fingerprint density at radius 3 is 3.08 bits per heavy atom. The molecule has 0 radical (unpaired) electrons. The molecule has 12 heavy (non-hydrogen) atoms. The van der Waals surface area contributed by atoms with E-state index in [0.717, 1.165) is 6.42 Å². The molecule has 1 spiro atoms. The molecule has 1 saturated carbocycles. The zero-order valence-corrected chi connectivity index (χ0v) is 6.33. The average Bonchev–Trinajstić information content (AvgIpc) is 2.72. The fourth-order valence-corrected chi connectivity index (χ4v) is 2.21. The van der Waals surface area contributed by atoms with Crippen molar-refractivity contribution in [2.45, 2.75) is 6.42 Å². The Bertz CT molecular complexity index is 367. The van der Waals surface area contributed by atoms with E-state index in [1.165, 1.54) is 0 Å². The molecule has 1 saturated heterocycles. The van der Waals surface area contributed by atoms with Crippen LogP contribution in [0.5, 0.6) is 0 Å². The second-order valence-electron chi connectivity index (χ2n) is 3.53. The van der Waals surface area contributed by atoms with Gasteiger partial charge in [-0.05, 0) is 12.3 Å². The molecule has 2 amide bonds. The van der Waals surface area contributed by atoms with Gasteiger partial charge in [0.1, 0.15) is 0 Å². The van der Waals surface area contributed by atoms with Gasteiger partial charge < -0.3 is 0 Å². The molecule has 2 atom stereocenters. The quantitative estimate of drug-likeness (QED) is 0.514. The highest BCUT2D eigenvalue weighted by atomic mass is 16.2. The van der Waals surface area contributed by atoms with Gasteiger partial charge in [-0.15, -0.1) is 0 Å². The van der Waals surface area contributed by atoms with Crippen molar-refractivity contribution in [1.29, 1.82) is 0 Å². The molecule has 3 heteroatoms. The average molecular weight is 161 g/mol. The highest BCUT2D eigenvalue weighted by Gasteiger charge is 2.67. The topological polar surface area (TPSA) is 46.2 Å². The van der Waals surface area contributed by atoms with E-state index in [-0.39, 0.29) is 17.7 Å². The fourth-order valence-electron chi connectivity index (χ4n) is 2.21. The summed E-state index contributed by atoms with van der Waals surface area (Å²) in [6.45, 7) is 0. The molecule has 0 aromatic carbocycles. The van der Waals surface area contributed by atoms with Crippen LogP contribution in [0.15, 0.2) is 23.8 Å². The molecule has 0 bridgehead atoms. The molecule has 2 unspecified atom stereocenters. The summed E-state index contributed by atoms with van der Waals surface area (Å²) < 4.78 is 0. The number of imide groups is 1. The predicted octanol–water partition coefficient (Wildman–Crippen LogP) is 0.145. The first-order valence-electron chi connectivity index (χ1n) is 4.00. The standard InChI is InChI=1S/C9H7NO2/c11-7-6-3-1-2-5-4-9(5,6)8(12)10-7/h1-3,5H,4H2,(H,10,11,12). The Kier molecular flexibility index (Phi) is 0.786. The summed E-state index contributed by atoms with van der Waals surface area (Å²) in [5.41, 5.74) is 0.228. The van der Waals surface area contributed by atoms with Crippen molar-refractivity contribution >= 4 is 11.8 Å². The van der Waals surface area contributed by atoms with Gasteiger partial charge in [-0.25, -0.2) is 0 Å². The molecule has 1 N–H and O–H groups in total. The van der Waals surface area contributed by atoms with Crippen molar-refractivity contribution in [2.75, 3.05) is 0 Å². The molecule has 2 aliphatic carbocycles. The lowest BCUT2D eigenvalue weighted by Crippen LogP contribution is -2.23. The van der Waals surface area contributed by atoms with Crippen molar-refractivity contribution in [3.63, 3.8) is 0 Å². The number of nitrogens with one attached hydrogen (secondary N) is 1. The summed E-state index contributed by atoms with van der Waals surface area (Å²) in [5, 5.41) is 2.35. The normalized spacial score (nSPS) is 41.7. The van der Waals surface area contributed by atoms with Crippen LogP contribution in [0.3, 0.4) is 0 Å². The molecule has 3 rings (SSSR count). The van der Waals surface area contributed by atoms with E-state index in [1.807, 2.05) is 12.2 Å². The maximum atomic E-state index is 11.4. The van der Waals surface area contributed by atoms with E-state index in [9.17, 15) is 9.59 Å². The summed E-state index contributed by atoms with van der Waals surface area (Å²) >= 11 is 0. The van der Waals surface area contributed by atoms with E-state index in [0.29, 0.717) is 5.57 Å². The van der Waals surface area contributed by atoms with Gasteiger partial charge in [0.15, 0.2) is 0 Å². The van der Waals surface area contributed by atoms with Crippen LogP contribution >= 0.6 is 0 Å². The predicted molar refractivity (Wildman–Crippen MR) is 40.9 cm³/mol. The van der Waals surface area contributed by atoms with Crippen LogP contribution in [0.1, 0.15) is 6.42 Å². The van der Waals surface area contributed by atoms with Crippen molar-refractivity contribution in [3.8, 4) is 0 Å². The third kappa shape index (κ3) is 0.443. The first kappa shape index (κ1) is 6.17. The third-order valence-electron chi connectivity index (χ3n) is 2.98. The third-order valence-corrected chi connectivity index (χ3v) is 2.98. The largest absolute Gasteiger partial charge is 0.292 e. The van der Waals surface area contributed by atoms with Crippen molar-refractivity contribution in [1.82, 2.24) is 5.32 Å². The molecule has 1 heterocycles. The molecule has 0 aromatic rings. The maximum Gasteiger partial charge on any atom is 0.254 e. The van der Waals surface area contributed by atoms with Crippen LogP contribution in [0.2, 0.25) is 0 Å². The monoisotopic (exact) mass is 161 g/mol. The second-order valence-corrected chi connectivity index (χ2v) is 3.53. The van der Waals surface area contributed by atoms with Crippen LogP contribution in [0, 0.1) is 11.3 Å². The van der Waals surface area contributed by atoms with Gasteiger partial charge in [0.05, 0.1) is 5.41 Å². The molecule has 60 valence electrons.